The van der Waals surface area contributed by atoms with Gasteiger partial charge in [-0.1, -0.05) is 30.7 Å². The summed E-state index contributed by atoms with van der Waals surface area (Å²) in [6.45, 7) is 1.89. The van der Waals surface area contributed by atoms with E-state index in [9.17, 15) is 4.79 Å². The minimum Gasteiger partial charge on any atom is -0.497 e. The van der Waals surface area contributed by atoms with Crippen LogP contribution in [-0.4, -0.2) is 19.1 Å². The van der Waals surface area contributed by atoms with E-state index >= 15 is 0 Å². The normalized spacial score (nSPS) is 11.6. The Balaban J connectivity index is 2.05. The van der Waals surface area contributed by atoms with Crippen LogP contribution in [0.1, 0.15) is 13.3 Å². The van der Waals surface area contributed by atoms with Crippen LogP contribution in [0.2, 0.25) is 5.02 Å². The second-order valence-electron chi connectivity index (χ2n) is 4.69. The number of carbonyl (C=O) groups is 1. The fourth-order valence-corrected chi connectivity index (χ4v) is 2.14. The standard InChI is InChI=1S/C17H18ClNO3/c1-3-16(22-15-9-5-8-14(11-15)21-2)17(20)19-13-7-4-6-12(18)10-13/h4-11,16H,3H2,1-2H3,(H,19,20)/t16-/m1/s1. The van der Waals surface area contributed by atoms with Gasteiger partial charge in [-0.15, -0.1) is 0 Å². The topological polar surface area (TPSA) is 47.6 Å². The molecule has 0 unspecified atom stereocenters. The molecule has 0 aliphatic rings. The van der Waals surface area contributed by atoms with E-state index < -0.39 is 6.10 Å². The Hall–Kier alpha value is -2.20. The zero-order valence-electron chi connectivity index (χ0n) is 12.5. The summed E-state index contributed by atoms with van der Waals surface area (Å²) in [4.78, 5) is 12.3. The highest BCUT2D eigenvalue weighted by atomic mass is 35.5. The summed E-state index contributed by atoms with van der Waals surface area (Å²) in [6, 6.07) is 14.2. The number of hydrogen-bond acceptors (Lipinski definition) is 3. The number of ether oxygens (including phenoxy) is 2. The van der Waals surface area contributed by atoms with Gasteiger partial charge in [-0.25, -0.2) is 0 Å². The lowest BCUT2D eigenvalue weighted by Gasteiger charge is -2.17. The van der Waals surface area contributed by atoms with E-state index in [2.05, 4.69) is 5.32 Å². The number of nitrogens with one attached hydrogen (secondary N) is 1. The molecule has 0 heterocycles. The zero-order valence-corrected chi connectivity index (χ0v) is 13.3. The minimum absolute atomic E-state index is 0.215. The number of halogens is 1. The highest BCUT2D eigenvalue weighted by Gasteiger charge is 2.18. The maximum Gasteiger partial charge on any atom is 0.265 e. The SMILES string of the molecule is CC[C@@H](Oc1cccc(OC)c1)C(=O)Nc1cccc(Cl)c1. The summed E-state index contributed by atoms with van der Waals surface area (Å²) in [6.07, 6.45) is -0.0463. The van der Waals surface area contributed by atoms with Crippen molar-refractivity contribution >= 4 is 23.2 Å². The fraction of sp³-hybridized carbons (Fsp3) is 0.235. The van der Waals surface area contributed by atoms with Crippen LogP contribution in [0.4, 0.5) is 5.69 Å². The lowest BCUT2D eigenvalue weighted by molar-refractivity contribution is -0.122. The Labute approximate surface area is 135 Å². The maximum absolute atomic E-state index is 12.3. The number of carbonyl (C=O) groups excluding carboxylic acids is 1. The molecule has 0 saturated heterocycles. The molecule has 22 heavy (non-hydrogen) atoms. The molecule has 0 aliphatic carbocycles. The predicted molar refractivity (Wildman–Crippen MR) is 87.8 cm³/mol. The lowest BCUT2D eigenvalue weighted by atomic mass is 10.2. The first-order valence-electron chi connectivity index (χ1n) is 6.99. The zero-order chi connectivity index (χ0) is 15.9. The van der Waals surface area contributed by atoms with E-state index in [1.54, 1.807) is 43.5 Å². The molecular formula is C17H18ClNO3. The van der Waals surface area contributed by atoms with Gasteiger partial charge in [-0.2, -0.15) is 0 Å². The van der Waals surface area contributed by atoms with Crippen molar-refractivity contribution in [1.29, 1.82) is 0 Å². The highest BCUT2D eigenvalue weighted by Crippen LogP contribution is 2.21. The molecular weight excluding hydrogens is 302 g/mol. The van der Waals surface area contributed by atoms with Gasteiger partial charge >= 0.3 is 0 Å². The largest absolute Gasteiger partial charge is 0.497 e. The van der Waals surface area contributed by atoms with Gasteiger partial charge in [0, 0.05) is 16.8 Å². The van der Waals surface area contributed by atoms with Gasteiger partial charge in [-0.3, -0.25) is 4.79 Å². The molecule has 2 aromatic carbocycles. The van der Waals surface area contributed by atoms with Crippen molar-refractivity contribution in [2.75, 3.05) is 12.4 Å². The molecule has 0 radical (unpaired) electrons. The molecule has 5 heteroatoms. The molecule has 2 rings (SSSR count). The second kappa shape index (κ2) is 7.71. The lowest BCUT2D eigenvalue weighted by Crippen LogP contribution is -2.32. The minimum atomic E-state index is -0.592. The highest BCUT2D eigenvalue weighted by molar-refractivity contribution is 6.30. The summed E-state index contributed by atoms with van der Waals surface area (Å²) < 4.78 is 10.9. The summed E-state index contributed by atoms with van der Waals surface area (Å²) in [5, 5.41) is 3.37. The molecule has 0 saturated carbocycles. The van der Waals surface area contributed by atoms with E-state index in [1.165, 1.54) is 0 Å². The van der Waals surface area contributed by atoms with E-state index in [0.717, 1.165) is 0 Å². The fourth-order valence-electron chi connectivity index (χ4n) is 1.95. The van der Waals surface area contributed by atoms with Gasteiger partial charge in [-0.05, 0) is 36.8 Å². The second-order valence-corrected chi connectivity index (χ2v) is 5.13. The number of hydrogen-bond donors (Lipinski definition) is 1. The first-order chi connectivity index (χ1) is 10.6. The van der Waals surface area contributed by atoms with Crippen LogP contribution in [0.15, 0.2) is 48.5 Å². The molecule has 0 spiro atoms. The monoisotopic (exact) mass is 319 g/mol. The number of amides is 1. The molecule has 2 aromatic rings. The van der Waals surface area contributed by atoms with Gasteiger partial charge in [0.15, 0.2) is 6.10 Å². The predicted octanol–water partition coefficient (Wildman–Crippen LogP) is 4.14. The molecule has 1 amide bonds. The van der Waals surface area contributed by atoms with E-state index in [0.29, 0.717) is 28.6 Å². The van der Waals surface area contributed by atoms with Crippen LogP contribution in [0.5, 0.6) is 11.5 Å². The Morgan fingerprint density at radius 1 is 1.18 bits per heavy atom. The quantitative estimate of drug-likeness (QED) is 0.870. The molecule has 1 atom stereocenters. The van der Waals surface area contributed by atoms with Crippen molar-refractivity contribution in [1.82, 2.24) is 0 Å². The Bertz CT molecular complexity index is 645. The third kappa shape index (κ3) is 4.40. The van der Waals surface area contributed by atoms with Crippen molar-refractivity contribution in [2.45, 2.75) is 19.4 Å². The maximum atomic E-state index is 12.3. The van der Waals surface area contributed by atoms with Crippen molar-refractivity contribution in [3.8, 4) is 11.5 Å². The van der Waals surface area contributed by atoms with Crippen LogP contribution in [0.25, 0.3) is 0 Å². The summed E-state index contributed by atoms with van der Waals surface area (Å²) in [5.41, 5.74) is 0.644. The molecule has 1 N–H and O–H groups in total. The van der Waals surface area contributed by atoms with Gasteiger partial charge in [0.05, 0.1) is 7.11 Å². The Morgan fingerprint density at radius 3 is 2.59 bits per heavy atom. The molecule has 116 valence electrons. The van der Waals surface area contributed by atoms with Gasteiger partial charge in [0.2, 0.25) is 0 Å². The van der Waals surface area contributed by atoms with Crippen LogP contribution in [-0.2, 0) is 4.79 Å². The van der Waals surface area contributed by atoms with Crippen molar-refractivity contribution in [2.24, 2.45) is 0 Å². The molecule has 0 fully saturated rings. The van der Waals surface area contributed by atoms with Gasteiger partial charge in [0.1, 0.15) is 11.5 Å². The third-order valence-corrected chi connectivity index (χ3v) is 3.31. The van der Waals surface area contributed by atoms with Gasteiger partial charge < -0.3 is 14.8 Å². The molecule has 0 aromatic heterocycles. The number of methoxy groups -OCH3 is 1. The van der Waals surface area contributed by atoms with Crippen LogP contribution in [0.3, 0.4) is 0 Å². The Kier molecular flexibility index (Phi) is 5.67. The number of rotatable bonds is 6. The van der Waals surface area contributed by atoms with E-state index in [1.807, 2.05) is 19.1 Å². The van der Waals surface area contributed by atoms with Crippen LogP contribution >= 0.6 is 11.6 Å². The van der Waals surface area contributed by atoms with Crippen LogP contribution < -0.4 is 14.8 Å². The molecule has 0 aliphatic heterocycles. The Morgan fingerprint density at radius 2 is 1.91 bits per heavy atom. The van der Waals surface area contributed by atoms with Crippen molar-refractivity contribution in [3.63, 3.8) is 0 Å². The summed E-state index contributed by atoms with van der Waals surface area (Å²) in [7, 11) is 1.59. The smallest absolute Gasteiger partial charge is 0.265 e. The summed E-state index contributed by atoms with van der Waals surface area (Å²) in [5.74, 6) is 1.06. The van der Waals surface area contributed by atoms with Crippen molar-refractivity contribution in [3.05, 3.63) is 53.6 Å². The van der Waals surface area contributed by atoms with E-state index in [-0.39, 0.29) is 5.91 Å². The molecule has 0 bridgehead atoms. The number of anilines is 1. The first-order valence-corrected chi connectivity index (χ1v) is 7.37. The third-order valence-electron chi connectivity index (χ3n) is 3.07. The average molecular weight is 320 g/mol. The number of benzene rings is 2. The van der Waals surface area contributed by atoms with Gasteiger partial charge in [0.25, 0.3) is 5.91 Å². The molecule has 4 nitrogen and oxygen atoms in total. The first kappa shape index (κ1) is 16.2. The summed E-state index contributed by atoms with van der Waals surface area (Å²) >= 11 is 5.91. The van der Waals surface area contributed by atoms with Crippen LogP contribution in [0, 0.1) is 0 Å². The van der Waals surface area contributed by atoms with Crippen molar-refractivity contribution < 1.29 is 14.3 Å². The van der Waals surface area contributed by atoms with E-state index in [4.69, 9.17) is 21.1 Å². The average Bonchev–Trinajstić information content (AvgIpc) is 2.52.